The molecule has 4 aromatic rings. The van der Waals surface area contributed by atoms with Gasteiger partial charge in [0.25, 0.3) is 5.91 Å². The van der Waals surface area contributed by atoms with Crippen LogP contribution in [0.2, 0.25) is 0 Å². The zero-order chi connectivity index (χ0) is 17.4. The minimum Gasteiger partial charge on any atom is -0.343 e. The number of imidazole rings is 1. The summed E-state index contributed by atoms with van der Waals surface area (Å²) in [4.78, 5) is 21.5. The van der Waals surface area contributed by atoms with Gasteiger partial charge in [-0.05, 0) is 43.5 Å². The number of rotatable bonds is 4. The van der Waals surface area contributed by atoms with Gasteiger partial charge in [0.05, 0.1) is 23.1 Å². The first kappa shape index (κ1) is 15.7. The lowest BCUT2D eigenvalue weighted by Crippen LogP contribution is -2.14. The first-order valence-electron chi connectivity index (χ1n) is 8.07. The summed E-state index contributed by atoms with van der Waals surface area (Å²) in [6.45, 7) is 4.79. The third-order valence-electron chi connectivity index (χ3n) is 4.33. The second kappa shape index (κ2) is 6.22. The fourth-order valence-electron chi connectivity index (χ4n) is 3.02. The van der Waals surface area contributed by atoms with Gasteiger partial charge >= 0.3 is 0 Å². The number of amides is 1. The van der Waals surface area contributed by atoms with Gasteiger partial charge in [0.2, 0.25) is 5.95 Å². The van der Waals surface area contributed by atoms with Crippen molar-refractivity contribution >= 4 is 34.2 Å². The highest BCUT2D eigenvalue weighted by Gasteiger charge is 2.17. The van der Waals surface area contributed by atoms with Crippen LogP contribution >= 0.6 is 11.3 Å². The SMILES string of the molecule is Cc1cc(C(=O)Nc2nc3ccccc3[nH]2)c(C)n1Cc1cccs1. The number of benzene rings is 1. The lowest BCUT2D eigenvalue weighted by Gasteiger charge is -2.08. The van der Waals surface area contributed by atoms with E-state index in [-0.39, 0.29) is 5.91 Å². The molecule has 0 saturated carbocycles. The summed E-state index contributed by atoms with van der Waals surface area (Å²) < 4.78 is 2.17. The highest BCUT2D eigenvalue weighted by Crippen LogP contribution is 2.21. The molecule has 2 N–H and O–H groups in total. The van der Waals surface area contributed by atoms with Crippen molar-refractivity contribution in [1.82, 2.24) is 14.5 Å². The minimum atomic E-state index is -0.149. The van der Waals surface area contributed by atoms with Gasteiger partial charge in [-0.25, -0.2) is 4.98 Å². The first-order valence-corrected chi connectivity index (χ1v) is 8.95. The van der Waals surface area contributed by atoms with Crippen LogP contribution in [0.4, 0.5) is 5.95 Å². The van der Waals surface area contributed by atoms with Gasteiger partial charge in [0, 0.05) is 16.3 Å². The Morgan fingerprint density at radius 3 is 2.84 bits per heavy atom. The van der Waals surface area contributed by atoms with Gasteiger partial charge in [-0.15, -0.1) is 11.3 Å². The molecule has 4 rings (SSSR count). The molecule has 5 nitrogen and oxygen atoms in total. The fraction of sp³-hybridized carbons (Fsp3) is 0.158. The average molecular weight is 350 g/mol. The predicted molar refractivity (Wildman–Crippen MR) is 101 cm³/mol. The molecule has 0 radical (unpaired) electrons. The molecule has 0 aliphatic heterocycles. The van der Waals surface area contributed by atoms with Crippen LogP contribution in [0.1, 0.15) is 26.6 Å². The predicted octanol–water partition coefficient (Wildman–Crippen LogP) is 4.34. The standard InChI is InChI=1S/C19H18N4OS/c1-12-10-15(13(2)23(12)11-14-6-5-9-25-14)18(24)22-19-20-16-7-3-4-8-17(16)21-19/h3-10H,11H2,1-2H3,(H2,20,21,22,24). The van der Waals surface area contributed by atoms with Gasteiger partial charge in [-0.1, -0.05) is 18.2 Å². The Balaban J connectivity index is 1.59. The van der Waals surface area contributed by atoms with E-state index in [0.717, 1.165) is 29.0 Å². The highest BCUT2D eigenvalue weighted by atomic mass is 32.1. The molecule has 25 heavy (non-hydrogen) atoms. The monoisotopic (exact) mass is 350 g/mol. The van der Waals surface area contributed by atoms with Crippen molar-refractivity contribution in [3.05, 3.63) is 69.7 Å². The van der Waals surface area contributed by atoms with Crippen LogP contribution in [0.3, 0.4) is 0 Å². The topological polar surface area (TPSA) is 62.7 Å². The number of carbonyl (C=O) groups excluding carboxylic acids is 1. The first-order chi connectivity index (χ1) is 12.1. The minimum absolute atomic E-state index is 0.149. The van der Waals surface area contributed by atoms with Crippen molar-refractivity contribution in [2.75, 3.05) is 5.32 Å². The molecule has 6 heteroatoms. The quantitative estimate of drug-likeness (QED) is 0.575. The molecule has 3 heterocycles. The zero-order valence-electron chi connectivity index (χ0n) is 14.0. The lowest BCUT2D eigenvalue weighted by atomic mass is 10.2. The van der Waals surface area contributed by atoms with E-state index in [2.05, 4.69) is 31.3 Å². The van der Waals surface area contributed by atoms with Gasteiger partial charge in [0.15, 0.2) is 0 Å². The number of nitrogens with zero attached hydrogens (tertiary/aromatic N) is 2. The Hall–Kier alpha value is -2.86. The summed E-state index contributed by atoms with van der Waals surface area (Å²) >= 11 is 1.72. The highest BCUT2D eigenvalue weighted by molar-refractivity contribution is 7.09. The number of hydrogen-bond donors (Lipinski definition) is 2. The maximum atomic E-state index is 12.7. The number of hydrogen-bond acceptors (Lipinski definition) is 3. The van der Waals surface area contributed by atoms with Crippen LogP contribution in [0.15, 0.2) is 47.8 Å². The molecule has 1 amide bonds. The van der Waals surface area contributed by atoms with Crippen molar-refractivity contribution in [1.29, 1.82) is 0 Å². The van der Waals surface area contributed by atoms with E-state index in [0.29, 0.717) is 11.5 Å². The molecule has 0 saturated heterocycles. The van der Waals surface area contributed by atoms with E-state index in [9.17, 15) is 4.79 Å². The molecule has 0 aliphatic rings. The van der Waals surface area contributed by atoms with Crippen molar-refractivity contribution in [2.24, 2.45) is 0 Å². The molecule has 0 spiro atoms. The second-order valence-corrected chi connectivity index (χ2v) is 7.04. The number of para-hydroxylation sites is 2. The summed E-state index contributed by atoms with van der Waals surface area (Å²) in [5.41, 5.74) is 4.44. The number of aryl methyl sites for hydroxylation is 1. The third-order valence-corrected chi connectivity index (χ3v) is 5.19. The summed E-state index contributed by atoms with van der Waals surface area (Å²) in [5, 5.41) is 4.94. The van der Waals surface area contributed by atoms with Gasteiger partial charge in [-0.3, -0.25) is 10.1 Å². The average Bonchev–Trinajstić information content (AvgIpc) is 3.30. The Kier molecular flexibility index (Phi) is 3.89. The molecule has 3 aromatic heterocycles. The molecule has 0 bridgehead atoms. The van der Waals surface area contributed by atoms with Gasteiger partial charge in [-0.2, -0.15) is 0 Å². The van der Waals surface area contributed by atoms with Crippen molar-refractivity contribution in [2.45, 2.75) is 20.4 Å². The Morgan fingerprint density at radius 2 is 2.08 bits per heavy atom. The van der Waals surface area contributed by atoms with Crippen LogP contribution in [0.25, 0.3) is 11.0 Å². The molecule has 1 aromatic carbocycles. The number of nitrogens with one attached hydrogen (secondary N) is 2. The van der Waals surface area contributed by atoms with Crippen LogP contribution in [-0.4, -0.2) is 20.4 Å². The molecule has 0 atom stereocenters. The van der Waals surface area contributed by atoms with E-state index in [1.54, 1.807) is 11.3 Å². The van der Waals surface area contributed by atoms with E-state index in [4.69, 9.17) is 0 Å². The number of H-pyrrole nitrogens is 1. The van der Waals surface area contributed by atoms with Crippen LogP contribution < -0.4 is 5.32 Å². The maximum Gasteiger partial charge on any atom is 0.259 e. The summed E-state index contributed by atoms with van der Waals surface area (Å²) in [6.07, 6.45) is 0. The van der Waals surface area contributed by atoms with E-state index < -0.39 is 0 Å². The number of fused-ring (bicyclic) bond motifs is 1. The van der Waals surface area contributed by atoms with Crippen LogP contribution in [-0.2, 0) is 6.54 Å². The largest absolute Gasteiger partial charge is 0.343 e. The molecular formula is C19H18N4OS. The molecule has 0 aliphatic carbocycles. The maximum absolute atomic E-state index is 12.7. The second-order valence-electron chi connectivity index (χ2n) is 6.01. The molecule has 0 unspecified atom stereocenters. The molecule has 0 fully saturated rings. The fourth-order valence-corrected chi connectivity index (χ4v) is 3.71. The third kappa shape index (κ3) is 2.96. The number of carbonyl (C=O) groups is 1. The van der Waals surface area contributed by atoms with Crippen LogP contribution in [0.5, 0.6) is 0 Å². The van der Waals surface area contributed by atoms with Crippen molar-refractivity contribution < 1.29 is 4.79 Å². The molecular weight excluding hydrogens is 332 g/mol. The van der Waals surface area contributed by atoms with Crippen molar-refractivity contribution in [3.8, 4) is 0 Å². The van der Waals surface area contributed by atoms with Crippen LogP contribution in [0, 0.1) is 13.8 Å². The van der Waals surface area contributed by atoms with E-state index >= 15 is 0 Å². The van der Waals surface area contributed by atoms with E-state index in [1.807, 2.05) is 50.2 Å². The smallest absolute Gasteiger partial charge is 0.259 e. The number of anilines is 1. The van der Waals surface area contributed by atoms with Gasteiger partial charge < -0.3 is 9.55 Å². The zero-order valence-corrected chi connectivity index (χ0v) is 14.9. The number of aromatic amines is 1. The summed E-state index contributed by atoms with van der Waals surface area (Å²) in [7, 11) is 0. The normalized spacial score (nSPS) is 11.1. The number of aromatic nitrogens is 3. The molecule has 126 valence electrons. The van der Waals surface area contributed by atoms with Crippen molar-refractivity contribution in [3.63, 3.8) is 0 Å². The van der Waals surface area contributed by atoms with E-state index in [1.165, 1.54) is 4.88 Å². The Bertz CT molecular complexity index is 1010. The summed E-state index contributed by atoms with van der Waals surface area (Å²) in [5.74, 6) is 0.318. The Labute approximate surface area is 149 Å². The number of thiophene rings is 1. The lowest BCUT2D eigenvalue weighted by molar-refractivity contribution is 0.102. The summed E-state index contributed by atoms with van der Waals surface area (Å²) in [6, 6.07) is 13.8. The van der Waals surface area contributed by atoms with Gasteiger partial charge in [0.1, 0.15) is 0 Å². The Morgan fingerprint density at radius 1 is 1.24 bits per heavy atom.